The lowest BCUT2D eigenvalue weighted by Gasteiger charge is -2.22. The first-order valence-electron chi connectivity index (χ1n) is 5.30. The Kier molecular flexibility index (Phi) is 2.20. The number of nitrogens with zero attached hydrogens (tertiary/aromatic N) is 1. The van der Waals surface area contributed by atoms with Crippen molar-refractivity contribution in [2.75, 3.05) is 0 Å². The largest absolute Gasteiger partial charge is 0.391 e. The average molecular weight is 225 g/mol. The number of hydrogen-bond acceptors (Lipinski definition) is 3. The van der Waals surface area contributed by atoms with Gasteiger partial charge in [-0.2, -0.15) is 0 Å². The van der Waals surface area contributed by atoms with Crippen molar-refractivity contribution < 1.29 is 5.11 Å². The molecule has 1 aromatic heterocycles. The van der Waals surface area contributed by atoms with Gasteiger partial charge in [0.2, 0.25) is 0 Å². The Balaban J connectivity index is 1.86. The second-order valence-corrected chi connectivity index (χ2v) is 4.80. The van der Waals surface area contributed by atoms with Crippen molar-refractivity contribution in [3.05, 3.63) is 29.0 Å². The van der Waals surface area contributed by atoms with E-state index in [1.54, 1.807) is 6.07 Å². The van der Waals surface area contributed by atoms with Crippen LogP contribution in [0.5, 0.6) is 0 Å². The van der Waals surface area contributed by atoms with E-state index in [0.29, 0.717) is 17.1 Å². The first kappa shape index (κ1) is 9.58. The monoisotopic (exact) mass is 224 g/mol. The fourth-order valence-corrected chi connectivity index (χ4v) is 2.95. The number of aromatic nitrogens is 1. The van der Waals surface area contributed by atoms with Crippen molar-refractivity contribution in [2.45, 2.75) is 36.9 Å². The second kappa shape index (κ2) is 3.44. The number of pyridine rings is 1. The maximum atomic E-state index is 9.63. The third kappa shape index (κ3) is 1.55. The number of rotatable bonds is 1. The Morgan fingerprint density at radius 3 is 2.80 bits per heavy atom. The summed E-state index contributed by atoms with van der Waals surface area (Å²) in [6.07, 6.45) is 1.63. The zero-order valence-corrected chi connectivity index (χ0v) is 8.98. The van der Waals surface area contributed by atoms with Gasteiger partial charge in [0.05, 0.1) is 6.10 Å². The molecule has 0 amide bonds. The Morgan fingerprint density at radius 1 is 1.33 bits per heavy atom. The molecule has 0 unspecified atom stereocenters. The topological polar surface area (TPSA) is 45.1 Å². The predicted molar refractivity (Wildman–Crippen MR) is 57.9 cm³/mol. The van der Waals surface area contributed by atoms with Crippen LogP contribution in [0.1, 0.15) is 24.5 Å². The highest BCUT2D eigenvalue weighted by molar-refractivity contribution is 6.29. The standard InChI is InChI=1S/C11H13ClN2O/c12-11-3-1-2-7(14-11)6-4-9-10(15)5-8(6)13-9/h1-3,6,8-10,13,15H,4-5H2/t6-,8-,9-,10-/m1/s1. The molecule has 4 atom stereocenters. The molecule has 2 saturated heterocycles. The molecule has 2 N–H and O–H groups in total. The minimum atomic E-state index is -0.176. The summed E-state index contributed by atoms with van der Waals surface area (Å²) in [6, 6.07) is 6.37. The van der Waals surface area contributed by atoms with Crippen LogP contribution in [-0.2, 0) is 0 Å². The van der Waals surface area contributed by atoms with E-state index in [9.17, 15) is 5.11 Å². The minimum absolute atomic E-state index is 0.176. The molecule has 2 aliphatic heterocycles. The molecule has 2 aliphatic rings. The van der Waals surface area contributed by atoms with Crippen molar-refractivity contribution >= 4 is 11.6 Å². The van der Waals surface area contributed by atoms with Crippen LogP contribution in [0.3, 0.4) is 0 Å². The molecular formula is C11H13ClN2O. The molecule has 4 heteroatoms. The molecule has 1 aromatic rings. The van der Waals surface area contributed by atoms with Crippen molar-refractivity contribution in [3.63, 3.8) is 0 Å². The molecule has 2 fully saturated rings. The maximum Gasteiger partial charge on any atom is 0.129 e. The summed E-state index contributed by atoms with van der Waals surface area (Å²) >= 11 is 5.87. The number of aliphatic hydroxyl groups excluding tert-OH is 1. The van der Waals surface area contributed by atoms with E-state index >= 15 is 0 Å². The fraction of sp³-hybridized carbons (Fsp3) is 0.545. The van der Waals surface area contributed by atoms with E-state index < -0.39 is 0 Å². The molecule has 0 aromatic carbocycles. The lowest BCUT2D eigenvalue weighted by molar-refractivity contribution is 0.140. The molecule has 0 saturated carbocycles. The van der Waals surface area contributed by atoms with Gasteiger partial charge >= 0.3 is 0 Å². The van der Waals surface area contributed by atoms with Gasteiger partial charge in [-0.25, -0.2) is 4.98 Å². The molecule has 3 rings (SSSR count). The highest BCUT2D eigenvalue weighted by atomic mass is 35.5. The summed E-state index contributed by atoms with van der Waals surface area (Å²) in [7, 11) is 0. The van der Waals surface area contributed by atoms with Crippen LogP contribution in [0.2, 0.25) is 5.15 Å². The van der Waals surface area contributed by atoms with Crippen LogP contribution in [0, 0.1) is 0 Å². The number of halogens is 1. The molecule has 0 spiro atoms. The van der Waals surface area contributed by atoms with Crippen LogP contribution in [0.4, 0.5) is 0 Å². The van der Waals surface area contributed by atoms with Gasteiger partial charge in [-0.1, -0.05) is 17.7 Å². The smallest absolute Gasteiger partial charge is 0.129 e. The zero-order valence-electron chi connectivity index (χ0n) is 8.23. The van der Waals surface area contributed by atoms with Crippen LogP contribution >= 0.6 is 11.6 Å². The third-order valence-electron chi connectivity index (χ3n) is 3.50. The quantitative estimate of drug-likeness (QED) is 0.708. The minimum Gasteiger partial charge on any atom is -0.391 e. The van der Waals surface area contributed by atoms with Gasteiger partial charge in [-0.3, -0.25) is 0 Å². The number of hydrogen-bond donors (Lipinski definition) is 2. The predicted octanol–water partition coefficient (Wildman–Crippen LogP) is 1.31. The Labute approximate surface area is 93.5 Å². The third-order valence-corrected chi connectivity index (χ3v) is 3.71. The van der Waals surface area contributed by atoms with Gasteiger partial charge in [0.25, 0.3) is 0 Å². The molecule has 15 heavy (non-hydrogen) atoms. The van der Waals surface area contributed by atoms with Gasteiger partial charge in [0.1, 0.15) is 5.15 Å². The van der Waals surface area contributed by atoms with Crippen LogP contribution in [0.25, 0.3) is 0 Å². The van der Waals surface area contributed by atoms with Crippen molar-refractivity contribution in [3.8, 4) is 0 Å². The number of aliphatic hydroxyl groups is 1. The van der Waals surface area contributed by atoms with Gasteiger partial charge in [-0.15, -0.1) is 0 Å². The Hall–Kier alpha value is -0.640. The number of nitrogens with one attached hydrogen (secondary N) is 1. The molecule has 80 valence electrons. The van der Waals surface area contributed by atoms with Gasteiger partial charge in [-0.05, 0) is 25.0 Å². The van der Waals surface area contributed by atoms with E-state index in [0.717, 1.165) is 18.5 Å². The van der Waals surface area contributed by atoms with Crippen molar-refractivity contribution in [1.29, 1.82) is 0 Å². The molecule has 2 bridgehead atoms. The maximum absolute atomic E-state index is 9.63. The number of fused-ring (bicyclic) bond motifs is 2. The Morgan fingerprint density at radius 2 is 2.20 bits per heavy atom. The van der Waals surface area contributed by atoms with Crippen LogP contribution in [0.15, 0.2) is 18.2 Å². The lowest BCUT2D eigenvalue weighted by atomic mass is 9.85. The average Bonchev–Trinajstić information content (AvgIpc) is 2.76. The van der Waals surface area contributed by atoms with Gasteiger partial charge in [0, 0.05) is 23.7 Å². The summed E-state index contributed by atoms with van der Waals surface area (Å²) < 4.78 is 0. The SMILES string of the molecule is O[C@@H]1C[C@H]2N[C@@H]1C[C@@H]2c1cccc(Cl)n1. The summed E-state index contributed by atoms with van der Waals surface area (Å²) in [5.74, 6) is 0.414. The summed E-state index contributed by atoms with van der Waals surface area (Å²) in [4.78, 5) is 4.34. The fourth-order valence-electron chi connectivity index (χ4n) is 2.78. The van der Waals surface area contributed by atoms with Crippen molar-refractivity contribution in [1.82, 2.24) is 10.3 Å². The van der Waals surface area contributed by atoms with Gasteiger partial charge in [0.15, 0.2) is 0 Å². The van der Waals surface area contributed by atoms with E-state index in [-0.39, 0.29) is 12.1 Å². The molecule has 3 nitrogen and oxygen atoms in total. The van der Waals surface area contributed by atoms with Crippen LogP contribution in [-0.4, -0.2) is 28.3 Å². The van der Waals surface area contributed by atoms with Crippen LogP contribution < -0.4 is 5.32 Å². The second-order valence-electron chi connectivity index (χ2n) is 4.41. The van der Waals surface area contributed by atoms with E-state index in [4.69, 9.17) is 11.6 Å². The molecule has 3 heterocycles. The van der Waals surface area contributed by atoms with E-state index in [1.807, 2.05) is 12.1 Å². The molecule has 0 radical (unpaired) electrons. The summed E-state index contributed by atoms with van der Waals surface area (Å²) in [5.41, 5.74) is 1.05. The molecular weight excluding hydrogens is 212 g/mol. The van der Waals surface area contributed by atoms with Gasteiger partial charge < -0.3 is 10.4 Å². The summed E-state index contributed by atoms with van der Waals surface area (Å²) in [5, 5.41) is 13.6. The normalized spacial score (nSPS) is 38.5. The first-order valence-corrected chi connectivity index (χ1v) is 5.68. The lowest BCUT2D eigenvalue weighted by Crippen LogP contribution is -2.27. The van der Waals surface area contributed by atoms with Crippen molar-refractivity contribution in [2.24, 2.45) is 0 Å². The Bertz CT molecular complexity index is 383. The molecule has 0 aliphatic carbocycles. The van der Waals surface area contributed by atoms with E-state index in [2.05, 4.69) is 10.3 Å². The highest BCUT2D eigenvalue weighted by Gasteiger charge is 2.45. The summed E-state index contributed by atoms with van der Waals surface area (Å²) in [6.45, 7) is 0. The first-order chi connectivity index (χ1) is 7.24. The highest BCUT2D eigenvalue weighted by Crippen LogP contribution is 2.39. The van der Waals surface area contributed by atoms with E-state index in [1.165, 1.54) is 0 Å². The zero-order chi connectivity index (χ0) is 10.4.